The molecule has 0 aromatic carbocycles. The second-order valence-electron chi connectivity index (χ2n) is 4.65. The van der Waals surface area contributed by atoms with Crippen molar-refractivity contribution in [3.8, 4) is 0 Å². The van der Waals surface area contributed by atoms with Crippen molar-refractivity contribution >= 4 is 11.9 Å². The number of aryl methyl sites for hydroxylation is 1. The summed E-state index contributed by atoms with van der Waals surface area (Å²) in [4.78, 5) is 26.5. The first-order valence-corrected chi connectivity index (χ1v) is 5.98. The number of rotatable bonds is 3. The molecule has 1 amide bonds. The van der Waals surface area contributed by atoms with Crippen molar-refractivity contribution in [3.05, 3.63) is 11.4 Å². The molecule has 8 heteroatoms. The zero-order valence-electron chi connectivity index (χ0n) is 10.9. The summed E-state index contributed by atoms with van der Waals surface area (Å²) < 4.78 is 4.54. The molecule has 0 bridgehead atoms. The first-order chi connectivity index (χ1) is 8.99. The highest BCUT2D eigenvalue weighted by Crippen LogP contribution is 2.11. The molecule has 1 aromatic rings. The van der Waals surface area contributed by atoms with Crippen molar-refractivity contribution in [1.82, 2.24) is 20.1 Å². The molecule has 1 unspecified atom stereocenters. The lowest BCUT2D eigenvalue weighted by Crippen LogP contribution is -2.56. The largest absolute Gasteiger partial charge is 0.480 e. The van der Waals surface area contributed by atoms with Crippen LogP contribution in [0.15, 0.2) is 4.63 Å². The summed E-state index contributed by atoms with van der Waals surface area (Å²) in [6.07, 6.45) is 0.0887. The molecule has 1 N–H and O–H groups in total. The maximum atomic E-state index is 12.1. The molecule has 8 nitrogen and oxygen atoms in total. The summed E-state index contributed by atoms with van der Waals surface area (Å²) in [6.45, 7) is 2.96. The summed E-state index contributed by atoms with van der Waals surface area (Å²) >= 11 is 0. The molecule has 1 aromatic heterocycles. The number of hydrogen-bond donors (Lipinski definition) is 1. The maximum absolute atomic E-state index is 12.1. The SMILES string of the molecule is Cc1nonc1CC(=O)N1CCN(C)C(C(=O)O)C1. The Labute approximate surface area is 109 Å². The Balaban J connectivity index is 2.00. The number of aromatic nitrogens is 2. The third kappa shape index (κ3) is 2.90. The number of carbonyl (C=O) groups excluding carboxylic acids is 1. The van der Waals surface area contributed by atoms with Crippen LogP contribution in [-0.2, 0) is 16.0 Å². The van der Waals surface area contributed by atoms with Gasteiger partial charge in [-0.25, -0.2) is 4.63 Å². The Morgan fingerprint density at radius 1 is 1.42 bits per heavy atom. The van der Waals surface area contributed by atoms with E-state index in [1.165, 1.54) is 0 Å². The van der Waals surface area contributed by atoms with Crippen LogP contribution in [0.4, 0.5) is 0 Å². The molecular formula is C11H16N4O4. The fourth-order valence-electron chi connectivity index (χ4n) is 2.03. The maximum Gasteiger partial charge on any atom is 0.322 e. The monoisotopic (exact) mass is 268 g/mol. The van der Waals surface area contributed by atoms with Crippen LogP contribution in [-0.4, -0.2) is 69.8 Å². The highest BCUT2D eigenvalue weighted by Gasteiger charge is 2.32. The minimum absolute atomic E-state index is 0.0887. The minimum atomic E-state index is -0.917. The van der Waals surface area contributed by atoms with E-state index in [9.17, 15) is 9.59 Å². The normalized spacial score (nSPS) is 20.5. The van der Waals surface area contributed by atoms with Gasteiger partial charge < -0.3 is 10.0 Å². The fraction of sp³-hybridized carbons (Fsp3) is 0.636. The van der Waals surface area contributed by atoms with E-state index in [1.54, 1.807) is 23.8 Å². The zero-order valence-corrected chi connectivity index (χ0v) is 10.9. The molecule has 1 fully saturated rings. The number of carboxylic acid groups (broad SMARTS) is 1. The first kappa shape index (κ1) is 13.5. The molecule has 1 aliphatic rings. The second-order valence-corrected chi connectivity index (χ2v) is 4.65. The fourth-order valence-corrected chi connectivity index (χ4v) is 2.03. The number of hydrogen-bond acceptors (Lipinski definition) is 6. The highest BCUT2D eigenvalue weighted by atomic mass is 16.6. The molecule has 0 spiro atoms. The Morgan fingerprint density at radius 3 is 2.74 bits per heavy atom. The lowest BCUT2D eigenvalue weighted by molar-refractivity contribution is -0.147. The lowest BCUT2D eigenvalue weighted by atomic mass is 10.1. The van der Waals surface area contributed by atoms with Gasteiger partial charge in [-0.3, -0.25) is 14.5 Å². The summed E-state index contributed by atoms with van der Waals surface area (Å²) in [7, 11) is 1.74. The second kappa shape index (κ2) is 5.35. The van der Waals surface area contributed by atoms with Gasteiger partial charge in [0.1, 0.15) is 17.4 Å². The molecule has 19 heavy (non-hydrogen) atoms. The van der Waals surface area contributed by atoms with Gasteiger partial charge in [0.05, 0.1) is 6.42 Å². The van der Waals surface area contributed by atoms with Crippen molar-refractivity contribution in [1.29, 1.82) is 0 Å². The average molecular weight is 268 g/mol. The number of carbonyl (C=O) groups is 2. The number of amides is 1. The quantitative estimate of drug-likeness (QED) is 0.762. The molecule has 0 saturated carbocycles. The number of aliphatic carboxylic acids is 1. The van der Waals surface area contributed by atoms with Crippen LogP contribution < -0.4 is 0 Å². The van der Waals surface area contributed by atoms with Gasteiger partial charge >= 0.3 is 5.97 Å². The van der Waals surface area contributed by atoms with Crippen LogP contribution in [0.25, 0.3) is 0 Å². The lowest BCUT2D eigenvalue weighted by Gasteiger charge is -2.37. The van der Waals surface area contributed by atoms with E-state index in [4.69, 9.17) is 5.11 Å². The zero-order chi connectivity index (χ0) is 14.0. The summed E-state index contributed by atoms with van der Waals surface area (Å²) in [6, 6.07) is -0.658. The molecule has 1 saturated heterocycles. The van der Waals surface area contributed by atoms with Crippen molar-refractivity contribution in [3.63, 3.8) is 0 Å². The third-order valence-electron chi connectivity index (χ3n) is 3.35. The van der Waals surface area contributed by atoms with Crippen LogP contribution in [0.1, 0.15) is 11.4 Å². The highest BCUT2D eigenvalue weighted by molar-refractivity contribution is 5.80. The molecule has 104 valence electrons. The van der Waals surface area contributed by atoms with Gasteiger partial charge in [-0.05, 0) is 14.0 Å². The van der Waals surface area contributed by atoms with Gasteiger partial charge in [0, 0.05) is 19.6 Å². The van der Waals surface area contributed by atoms with E-state index >= 15 is 0 Å². The van der Waals surface area contributed by atoms with Crippen molar-refractivity contribution < 1.29 is 19.3 Å². The third-order valence-corrected chi connectivity index (χ3v) is 3.35. The minimum Gasteiger partial charge on any atom is -0.480 e. The molecule has 0 radical (unpaired) electrons. The van der Waals surface area contributed by atoms with Gasteiger partial charge in [0.15, 0.2) is 0 Å². The van der Waals surface area contributed by atoms with E-state index in [0.29, 0.717) is 24.5 Å². The van der Waals surface area contributed by atoms with Gasteiger partial charge in [-0.2, -0.15) is 0 Å². The number of carboxylic acids is 1. The molecule has 1 atom stereocenters. The summed E-state index contributed by atoms with van der Waals surface area (Å²) in [5.74, 6) is -1.07. The summed E-state index contributed by atoms with van der Waals surface area (Å²) in [5, 5.41) is 16.4. The Bertz CT molecular complexity index is 487. The van der Waals surface area contributed by atoms with Gasteiger partial charge in [0.2, 0.25) is 5.91 Å². The van der Waals surface area contributed by atoms with Crippen molar-refractivity contribution in [2.45, 2.75) is 19.4 Å². The predicted octanol–water partition coefficient (Wildman–Crippen LogP) is -0.852. The predicted molar refractivity (Wildman–Crippen MR) is 63.4 cm³/mol. The van der Waals surface area contributed by atoms with Crippen molar-refractivity contribution in [2.24, 2.45) is 0 Å². The van der Waals surface area contributed by atoms with Crippen LogP contribution in [0.3, 0.4) is 0 Å². The van der Waals surface area contributed by atoms with Gasteiger partial charge in [-0.1, -0.05) is 10.3 Å². The van der Waals surface area contributed by atoms with Gasteiger partial charge in [-0.15, -0.1) is 0 Å². The first-order valence-electron chi connectivity index (χ1n) is 5.98. The number of likely N-dealkylation sites (N-methyl/N-ethyl adjacent to an activating group) is 1. The van der Waals surface area contributed by atoms with Crippen LogP contribution >= 0.6 is 0 Å². The van der Waals surface area contributed by atoms with Crippen LogP contribution in [0, 0.1) is 6.92 Å². The molecular weight excluding hydrogens is 252 g/mol. The van der Waals surface area contributed by atoms with E-state index in [-0.39, 0.29) is 18.9 Å². The molecule has 0 aliphatic carbocycles. The van der Waals surface area contributed by atoms with E-state index in [2.05, 4.69) is 14.9 Å². The molecule has 2 rings (SSSR count). The van der Waals surface area contributed by atoms with E-state index < -0.39 is 12.0 Å². The number of piperazine rings is 1. The summed E-state index contributed by atoms with van der Waals surface area (Å²) in [5.41, 5.74) is 1.08. The molecule has 2 heterocycles. The van der Waals surface area contributed by atoms with Crippen molar-refractivity contribution in [2.75, 3.05) is 26.7 Å². The number of nitrogens with zero attached hydrogens (tertiary/aromatic N) is 4. The van der Waals surface area contributed by atoms with Crippen LogP contribution in [0.2, 0.25) is 0 Å². The Morgan fingerprint density at radius 2 is 2.16 bits per heavy atom. The van der Waals surface area contributed by atoms with Crippen LogP contribution in [0.5, 0.6) is 0 Å². The topological polar surface area (TPSA) is 99.8 Å². The average Bonchev–Trinajstić information content (AvgIpc) is 2.75. The van der Waals surface area contributed by atoms with Gasteiger partial charge in [0.25, 0.3) is 0 Å². The van der Waals surface area contributed by atoms with E-state index in [0.717, 1.165) is 0 Å². The smallest absolute Gasteiger partial charge is 0.322 e. The Hall–Kier alpha value is -1.96. The Kier molecular flexibility index (Phi) is 3.79. The standard InChI is InChI=1S/C11H16N4O4/c1-7-8(13-19-12-7)5-10(16)15-4-3-14(2)9(6-15)11(17)18/h9H,3-6H2,1-2H3,(H,17,18). The molecule has 1 aliphatic heterocycles. The van der Waals surface area contributed by atoms with E-state index in [1.807, 2.05) is 0 Å².